The number of rotatable bonds is 7. The number of sulfonamides is 1. The molecule has 3 rings (SSSR count). The van der Waals surface area contributed by atoms with Gasteiger partial charge in [-0.1, -0.05) is 0 Å². The van der Waals surface area contributed by atoms with Crippen LogP contribution in [0.3, 0.4) is 0 Å². The van der Waals surface area contributed by atoms with Crippen LogP contribution in [0, 0.1) is 0 Å². The Morgan fingerprint density at radius 1 is 1.00 bits per heavy atom. The Hall–Kier alpha value is -3.07. The maximum absolute atomic E-state index is 12.5. The lowest BCUT2D eigenvalue weighted by molar-refractivity contribution is -0.129. The Balaban J connectivity index is 1.60. The van der Waals surface area contributed by atoms with Crippen molar-refractivity contribution in [2.24, 2.45) is 0 Å². The number of hydrogen-bond donors (Lipinski definition) is 2. The fourth-order valence-electron chi connectivity index (χ4n) is 2.99. The van der Waals surface area contributed by atoms with Crippen LogP contribution in [0.5, 0.6) is 5.75 Å². The summed E-state index contributed by atoms with van der Waals surface area (Å²) in [5.41, 5.74) is 0.677. The van der Waals surface area contributed by atoms with E-state index in [0.717, 1.165) is 25.9 Å². The molecule has 1 heterocycles. The van der Waals surface area contributed by atoms with E-state index in [4.69, 9.17) is 4.74 Å². The highest BCUT2D eigenvalue weighted by atomic mass is 32.2. The molecular formula is C20H23N3O5S. The van der Waals surface area contributed by atoms with Crippen molar-refractivity contribution in [3.63, 3.8) is 0 Å². The van der Waals surface area contributed by atoms with E-state index >= 15 is 0 Å². The summed E-state index contributed by atoms with van der Waals surface area (Å²) in [6.45, 7) is 1.38. The van der Waals surface area contributed by atoms with Crippen molar-refractivity contribution >= 4 is 27.5 Å². The molecule has 1 fully saturated rings. The Morgan fingerprint density at radius 2 is 1.62 bits per heavy atom. The molecule has 1 aliphatic rings. The SMILES string of the molecule is COc1ccc(NS(=O)(=O)c2ccc(C(=O)NCC(=O)N3CCCC3)cc2)cc1. The van der Waals surface area contributed by atoms with Crippen LogP contribution < -0.4 is 14.8 Å². The molecule has 8 nitrogen and oxygen atoms in total. The lowest BCUT2D eigenvalue weighted by Crippen LogP contribution is -2.38. The van der Waals surface area contributed by atoms with Crippen molar-refractivity contribution in [1.29, 1.82) is 0 Å². The molecule has 0 atom stereocenters. The first-order valence-electron chi connectivity index (χ1n) is 9.22. The summed E-state index contributed by atoms with van der Waals surface area (Å²) in [6, 6.07) is 12.0. The minimum Gasteiger partial charge on any atom is -0.497 e. The summed E-state index contributed by atoms with van der Waals surface area (Å²) < 4.78 is 32.5. The molecular weight excluding hydrogens is 394 g/mol. The van der Waals surface area contributed by atoms with Crippen molar-refractivity contribution in [2.75, 3.05) is 31.5 Å². The van der Waals surface area contributed by atoms with Gasteiger partial charge < -0.3 is 15.0 Å². The Kier molecular flexibility index (Phi) is 6.38. The molecule has 0 aliphatic carbocycles. The fourth-order valence-corrected chi connectivity index (χ4v) is 4.05. The number of carbonyl (C=O) groups is 2. The molecule has 2 aromatic carbocycles. The van der Waals surface area contributed by atoms with Gasteiger partial charge in [0.1, 0.15) is 5.75 Å². The standard InChI is InChI=1S/C20H23N3O5S/c1-28-17-8-6-16(7-9-17)22-29(26,27)18-10-4-15(5-11-18)20(25)21-14-19(24)23-12-2-3-13-23/h4-11,22H,2-3,12-14H2,1H3,(H,21,25). The van der Waals surface area contributed by atoms with E-state index < -0.39 is 15.9 Å². The third-order valence-electron chi connectivity index (χ3n) is 4.63. The number of carbonyl (C=O) groups excluding carboxylic acids is 2. The number of nitrogens with one attached hydrogen (secondary N) is 2. The number of methoxy groups -OCH3 is 1. The molecule has 9 heteroatoms. The second-order valence-corrected chi connectivity index (χ2v) is 8.31. The number of likely N-dealkylation sites (tertiary alicyclic amines) is 1. The first kappa shape index (κ1) is 20.7. The highest BCUT2D eigenvalue weighted by Crippen LogP contribution is 2.19. The molecule has 2 aromatic rings. The summed E-state index contributed by atoms with van der Waals surface area (Å²) in [4.78, 5) is 26.0. The molecule has 0 radical (unpaired) electrons. The van der Waals surface area contributed by atoms with Gasteiger partial charge >= 0.3 is 0 Å². The van der Waals surface area contributed by atoms with Crippen molar-refractivity contribution < 1.29 is 22.7 Å². The van der Waals surface area contributed by atoms with Crippen LogP contribution in [-0.4, -0.2) is 51.9 Å². The molecule has 1 saturated heterocycles. The summed E-state index contributed by atoms with van der Waals surface area (Å²) in [5.74, 6) is 0.0786. The zero-order valence-electron chi connectivity index (χ0n) is 16.1. The van der Waals surface area contributed by atoms with Crippen LogP contribution in [0.1, 0.15) is 23.2 Å². The van der Waals surface area contributed by atoms with E-state index in [-0.39, 0.29) is 22.9 Å². The molecule has 0 saturated carbocycles. The lowest BCUT2D eigenvalue weighted by Gasteiger charge is -2.15. The number of amides is 2. The maximum atomic E-state index is 12.5. The topological polar surface area (TPSA) is 105 Å². The van der Waals surface area contributed by atoms with Gasteiger partial charge in [0.2, 0.25) is 5.91 Å². The zero-order valence-corrected chi connectivity index (χ0v) is 16.9. The van der Waals surface area contributed by atoms with E-state index in [1.807, 2.05) is 0 Å². The number of nitrogens with zero attached hydrogens (tertiary/aromatic N) is 1. The van der Waals surface area contributed by atoms with Crippen LogP contribution in [0.15, 0.2) is 53.4 Å². The largest absolute Gasteiger partial charge is 0.497 e. The third-order valence-corrected chi connectivity index (χ3v) is 6.03. The normalized spacial score (nSPS) is 13.8. The molecule has 154 valence electrons. The maximum Gasteiger partial charge on any atom is 0.261 e. The average Bonchev–Trinajstić information content (AvgIpc) is 3.27. The van der Waals surface area contributed by atoms with Gasteiger partial charge in [0.05, 0.1) is 18.6 Å². The second-order valence-electron chi connectivity index (χ2n) is 6.63. The summed E-state index contributed by atoms with van der Waals surface area (Å²) in [7, 11) is -2.27. The van der Waals surface area contributed by atoms with E-state index in [1.54, 1.807) is 29.2 Å². The molecule has 0 unspecified atom stereocenters. The lowest BCUT2D eigenvalue weighted by atomic mass is 10.2. The molecule has 29 heavy (non-hydrogen) atoms. The fraction of sp³-hybridized carbons (Fsp3) is 0.300. The van der Waals surface area contributed by atoms with Crippen LogP contribution in [0.2, 0.25) is 0 Å². The Morgan fingerprint density at radius 3 is 2.21 bits per heavy atom. The van der Waals surface area contributed by atoms with E-state index in [9.17, 15) is 18.0 Å². The number of hydrogen-bond acceptors (Lipinski definition) is 5. The van der Waals surface area contributed by atoms with Gasteiger partial charge in [-0.3, -0.25) is 14.3 Å². The van der Waals surface area contributed by atoms with Crippen LogP contribution in [-0.2, 0) is 14.8 Å². The van der Waals surface area contributed by atoms with Gasteiger partial charge in [-0.15, -0.1) is 0 Å². The monoisotopic (exact) mass is 417 g/mol. The van der Waals surface area contributed by atoms with Gasteiger partial charge in [-0.25, -0.2) is 8.42 Å². The highest BCUT2D eigenvalue weighted by molar-refractivity contribution is 7.92. The first-order chi connectivity index (χ1) is 13.9. The van der Waals surface area contributed by atoms with Crippen LogP contribution >= 0.6 is 0 Å². The molecule has 0 spiro atoms. The summed E-state index contributed by atoms with van der Waals surface area (Å²) >= 11 is 0. The minimum atomic E-state index is -3.80. The van der Waals surface area contributed by atoms with E-state index in [2.05, 4.69) is 10.0 Å². The molecule has 1 aliphatic heterocycles. The zero-order chi connectivity index (χ0) is 20.9. The number of ether oxygens (including phenoxy) is 1. The quantitative estimate of drug-likeness (QED) is 0.715. The van der Waals surface area contributed by atoms with Crippen LogP contribution in [0.4, 0.5) is 5.69 Å². The predicted octanol–water partition coefficient (Wildman–Crippen LogP) is 1.85. The Labute approximate surface area is 169 Å². The minimum absolute atomic E-state index is 0.0259. The van der Waals surface area contributed by atoms with Gasteiger partial charge in [0, 0.05) is 24.3 Å². The number of benzene rings is 2. The highest BCUT2D eigenvalue weighted by Gasteiger charge is 2.19. The van der Waals surface area contributed by atoms with Gasteiger partial charge in [0.15, 0.2) is 0 Å². The summed E-state index contributed by atoms with van der Waals surface area (Å²) in [6.07, 6.45) is 1.97. The van der Waals surface area contributed by atoms with Gasteiger partial charge in [0.25, 0.3) is 15.9 Å². The van der Waals surface area contributed by atoms with E-state index in [0.29, 0.717) is 11.4 Å². The number of anilines is 1. The van der Waals surface area contributed by atoms with Gasteiger partial charge in [-0.2, -0.15) is 0 Å². The first-order valence-corrected chi connectivity index (χ1v) is 10.7. The van der Waals surface area contributed by atoms with Crippen molar-refractivity contribution in [3.8, 4) is 5.75 Å². The Bertz CT molecular complexity index is 966. The second kappa shape index (κ2) is 8.95. The molecule has 0 aromatic heterocycles. The van der Waals surface area contributed by atoms with Crippen molar-refractivity contribution in [2.45, 2.75) is 17.7 Å². The summed E-state index contributed by atoms with van der Waals surface area (Å²) in [5, 5.41) is 2.58. The van der Waals surface area contributed by atoms with Crippen molar-refractivity contribution in [1.82, 2.24) is 10.2 Å². The molecule has 2 amide bonds. The predicted molar refractivity (Wildman–Crippen MR) is 108 cm³/mol. The van der Waals surface area contributed by atoms with E-state index in [1.165, 1.54) is 31.4 Å². The van der Waals surface area contributed by atoms with Crippen molar-refractivity contribution in [3.05, 3.63) is 54.1 Å². The van der Waals surface area contributed by atoms with Gasteiger partial charge in [-0.05, 0) is 61.4 Å². The average molecular weight is 417 g/mol. The molecule has 0 bridgehead atoms. The molecule has 2 N–H and O–H groups in total. The third kappa shape index (κ3) is 5.26. The van der Waals surface area contributed by atoms with Crippen LogP contribution in [0.25, 0.3) is 0 Å². The smallest absolute Gasteiger partial charge is 0.261 e.